The molecule has 1 aromatic heterocycles. The summed E-state index contributed by atoms with van der Waals surface area (Å²) < 4.78 is 0. The summed E-state index contributed by atoms with van der Waals surface area (Å²) in [5, 5.41) is 2.92. The number of hydrogen-bond acceptors (Lipinski definition) is 3. The van der Waals surface area contributed by atoms with Crippen LogP contribution in [0.5, 0.6) is 0 Å². The van der Waals surface area contributed by atoms with E-state index in [1.807, 2.05) is 43.3 Å². The van der Waals surface area contributed by atoms with Gasteiger partial charge < -0.3 is 10.2 Å². The minimum atomic E-state index is -0.0139. The summed E-state index contributed by atoms with van der Waals surface area (Å²) >= 11 is 0. The second-order valence-corrected chi connectivity index (χ2v) is 6.81. The Bertz CT molecular complexity index is 679. The molecule has 0 aliphatic carbocycles. The molecular weight excluding hydrogens is 298 g/mol. The molecule has 126 valence electrons. The normalized spacial score (nSPS) is 17.6. The van der Waals surface area contributed by atoms with Crippen LogP contribution < -0.4 is 10.2 Å². The van der Waals surface area contributed by atoms with E-state index >= 15 is 0 Å². The van der Waals surface area contributed by atoms with Gasteiger partial charge in [0.2, 0.25) is 5.91 Å². The van der Waals surface area contributed by atoms with Crippen LogP contribution in [-0.2, 0) is 11.2 Å². The van der Waals surface area contributed by atoms with E-state index in [2.05, 4.69) is 22.1 Å². The van der Waals surface area contributed by atoms with E-state index in [-0.39, 0.29) is 5.91 Å². The van der Waals surface area contributed by atoms with Crippen LogP contribution in [-0.4, -0.2) is 24.0 Å². The fourth-order valence-corrected chi connectivity index (χ4v) is 3.14. The van der Waals surface area contributed by atoms with Crippen molar-refractivity contribution >= 4 is 17.4 Å². The van der Waals surface area contributed by atoms with Crippen LogP contribution in [0.25, 0.3) is 0 Å². The Morgan fingerprint density at radius 2 is 2.04 bits per heavy atom. The van der Waals surface area contributed by atoms with Crippen LogP contribution in [0.4, 0.5) is 11.5 Å². The zero-order valence-corrected chi connectivity index (χ0v) is 14.5. The molecule has 0 bridgehead atoms. The minimum Gasteiger partial charge on any atom is -0.356 e. The van der Waals surface area contributed by atoms with Gasteiger partial charge in [-0.2, -0.15) is 0 Å². The molecule has 4 heteroatoms. The molecule has 1 saturated heterocycles. The zero-order chi connectivity index (χ0) is 16.9. The first-order valence-electron chi connectivity index (χ1n) is 8.66. The molecule has 2 aromatic rings. The van der Waals surface area contributed by atoms with Gasteiger partial charge in [0.1, 0.15) is 5.82 Å². The summed E-state index contributed by atoms with van der Waals surface area (Å²) in [5.41, 5.74) is 2.97. The van der Waals surface area contributed by atoms with Gasteiger partial charge >= 0.3 is 0 Å². The van der Waals surface area contributed by atoms with Gasteiger partial charge in [0.05, 0.1) is 18.3 Å². The van der Waals surface area contributed by atoms with Crippen LogP contribution >= 0.6 is 0 Å². The SMILES string of the molecule is Cc1ccc(CC(=O)Nc2ccc(N3CCCC(C)C3)nc2)cc1. The molecular formula is C20H25N3O. The molecule has 1 N–H and O–H groups in total. The predicted octanol–water partition coefficient (Wildman–Crippen LogP) is 3.81. The van der Waals surface area contributed by atoms with Crippen LogP contribution in [0.1, 0.15) is 30.9 Å². The first-order valence-corrected chi connectivity index (χ1v) is 8.66. The first-order chi connectivity index (χ1) is 11.6. The van der Waals surface area contributed by atoms with Crippen molar-refractivity contribution in [1.29, 1.82) is 0 Å². The third-order valence-corrected chi connectivity index (χ3v) is 4.50. The first kappa shape index (κ1) is 16.5. The lowest BCUT2D eigenvalue weighted by Gasteiger charge is -2.31. The van der Waals surface area contributed by atoms with Crippen molar-refractivity contribution in [2.24, 2.45) is 5.92 Å². The highest BCUT2D eigenvalue weighted by molar-refractivity contribution is 5.92. The highest BCUT2D eigenvalue weighted by atomic mass is 16.1. The number of hydrogen-bond donors (Lipinski definition) is 1. The molecule has 0 saturated carbocycles. The second-order valence-electron chi connectivity index (χ2n) is 6.81. The lowest BCUT2D eigenvalue weighted by Crippen LogP contribution is -2.34. The number of aromatic nitrogens is 1. The summed E-state index contributed by atoms with van der Waals surface area (Å²) in [6, 6.07) is 12.0. The Labute approximate surface area is 143 Å². The van der Waals surface area contributed by atoms with Gasteiger partial charge in [-0.25, -0.2) is 4.98 Å². The summed E-state index contributed by atoms with van der Waals surface area (Å²) in [4.78, 5) is 19.0. The summed E-state index contributed by atoms with van der Waals surface area (Å²) in [6.07, 6.45) is 4.65. The van der Waals surface area contributed by atoms with Crippen LogP contribution in [0, 0.1) is 12.8 Å². The molecule has 2 heterocycles. The number of nitrogens with one attached hydrogen (secondary N) is 1. The fourth-order valence-electron chi connectivity index (χ4n) is 3.14. The van der Waals surface area contributed by atoms with Gasteiger partial charge in [-0.3, -0.25) is 4.79 Å². The Morgan fingerprint density at radius 1 is 1.25 bits per heavy atom. The number of carbonyl (C=O) groups is 1. The van der Waals surface area contributed by atoms with E-state index in [4.69, 9.17) is 0 Å². The molecule has 1 aliphatic rings. The van der Waals surface area contributed by atoms with Crippen molar-refractivity contribution in [3.05, 3.63) is 53.7 Å². The second kappa shape index (κ2) is 7.47. The number of amides is 1. The molecule has 1 unspecified atom stereocenters. The van der Waals surface area contributed by atoms with Gasteiger partial charge in [-0.15, -0.1) is 0 Å². The average molecular weight is 323 g/mol. The molecule has 4 nitrogen and oxygen atoms in total. The smallest absolute Gasteiger partial charge is 0.228 e. The van der Waals surface area contributed by atoms with E-state index < -0.39 is 0 Å². The highest BCUT2D eigenvalue weighted by Crippen LogP contribution is 2.22. The lowest BCUT2D eigenvalue weighted by atomic mass is 10.0. The van der Waals surface area contributed by atoms with Crippen molar-refractivity contribution in [1.82, 2.24) is 4.98 Å². The minimum absolute atomic E-state index is 0.0139. The molecule has 1 aromatic carbocycles. The molecule has 1 fully saturated rings. The van der Waals surface area contributed by atoms with E-state index in [9.17, 15) is 4.79 Å². The van der Waals surface area contributed by atoms with E-state index in [0.717, 1.165) is 36.1 Å². The number of nitrogens with zero attached hydrogens (tertiary/aromatic N) is 2. The van der Waals surface area contributed by atoms with E-state index in [1.165, 1.54) is 18.4 Å². The zero-order valence-electron chi connectivity index (χ0n) is 14.5. The monoisotopic (exact) mass is 323 g/mol. The summed E-state index contributed by atoms with van der Waals surface area (Å²) in [5.74, 6) is 1.70. The highest BCUT2D eigenvalue weighted by Gasteiger charge is 2.17. The van der Waals surface area contributed by atoms with Crippen molar-refractivity contribution in [3.63, 3.8) is 0 Å². The fraction of sp³-hybridized carbons (Fsp3) is 0.400. The topological polar surface area (TPSA) is 45.2 Å². The molecule has 3 rings (SSSR count). The Kier molecular flexibility index (Phi) is 5.14. The number of benzene rings is 1. The molecule has 1 aliphatic heterocycles. The van der Waals surface area contributed by atoms with Gasteiger partial charge in [0, 0.05) is 13.1 Å². The largest absolute Gasteiger partial charge is 0.356 e. The third kappa shape index (κ3) is 4.34. The van der Waals surface area contributed by atoms with Gasteiger partial charge in [0.15, 0.2) is 0 Å². The van der Waals surface area contributed by atoms with Crippen molar-refractivity contribution < 1.29 is 4.79 Å². The molecule has 1 atom stereocenters. The van der Waals surface area contributed by atoms with Crippen molar-refractivity contribution in [2.45, 2.75) is 33.1 Å². The molecule has 0 spiro atoms. The van der Waals surface area contributed by atoms with Gasteiger partial charge in [-0.1, -0.05) is 36.8 Å². The van der Waals surface area contributed by atoms with E-state index in [0.29, 0.717) is 6.42 Å². The third-order valence-electron chi connectivity index (χ3n) is 4.50. The van der Waals surface area contributed by atoms with Gasteiger partial charge in [-0.05, 0) is 43.4 Å². The maximum atomic E-state index is 12.1. The molecule has 24 heavy (non-hydrogen) atoms. The van der Waals surface area contributed by atoms with E-state index in [1.54, 1.807) is 6.20 Å². The number of pyridine rings is 1. The maximum absolute atomic E-state index is 12.1. The van der Waals surface area contributed by atoms with Gasteiger partial charge in [0.25, 0.3) is 0 Å². The number of piperidine rings is 1. The predicted molar refractivity (Wildman–Crippen MR) is 98.4 cm³/mol. The quantitative estimate of drug-likeness (QED) is 0.930. The standard InChI is InChI=1S/C20H25N3O/c1-15-5-7-17(8-6-15)12-20(24)22-18-9-10-19(21-13-18)23-11-3-4-16(2)14-23/h5-10,13,16H,3-4,11-12,14H2,1-2H3,(H,22,24). The summed E-state index contributed by atoms with van der Waals surface area (Å²) in [7, 11) is 0. The Hall–Kier alpha value is -2.36. The molecule has 0 radical (unpaired) electrons. The van der Waals surface area contributed by atoms with Crippen LogP contribution in [0.2, 0.25) is 0 Å². The molecule has 1 amide bonds. The number of anilines is 2. The average Bonchev–Trinajstić information content (AvgIpc) is 2.58. The van der Waals surface area contributed by atoms with Crippen molar-refractivity contribution in [2.75, 3.05) is 23.3 Å². The Balaban J connectivity index is 1.57. The lowest BCUT2D eigenvalue weighted by molar-refractivity contribution is -0.115. The van der Waals surface area contributed by atoms with Crippen LogP contribution in [0.3, 0.4) is 0 Å². The number of rotatable bonds is 4. The maximum Gasteiger partial charge on any atom is 0.228 e. The summed E-state index contributed by atoms with van der Waals surface area (Å²) in [6.45, 7) is 6.45. The Morgan fingerprint density at radius 3 is 2.71 bits per heavy atom. The number of carbonyl (C=O) groups excluding carboxylic acids is 1. The van der Waals surface area contributed by atoms with Crippen molar-refractivity contribution in [3.8, 4) is 0 Å². The van der Waals surface area contributed by atoms with Crippen LogP contribution in [0.15, 0.2) is 42.6 Å². The number of aryl methyl sites for hydroxylation is 1.